The van der Waals surface area contributed by atoms with Crippen LogP contribution in [0.15, 0.2) is 12.4 Å². The van der Waals surface area contributed by atoms with E-state index in [-0.39, 0.29) is 5.92 Å². The number of rotatable bonds is 5. The zero-order valence-electron chi connectivity index (χ0n) is 8.95. The predicted octanol–water partition coefficient (Wildman–Crippen LogP) is 1.66. The molecule has 78 valence electrons. The number of nitrogens with one attached hydrogen (secondary N) is 1. The second kappa shape index (κ2) is 5.54. The van der Waals surface area contributed by atoms with Gasteiger partial charge in [0.05, 0.1) is 12.3 Å². The van der Waals surface area contributed by atoms with E-state index in [1.807, 2.05) is 6.92 Å². The van der Waals surface area contributed by atoms with Crippen LogP contribution in [0, 0.1) is 0 Å². The smallest absolute Gasteiger partial charge is 0.148 e. The van der Waals surface area contributed by atoms with Crippen LogP contribution in [0.5, 0.6) is 0 Å². The summed E-state index contributed by atoms with van der Waals surface area (Å²) in [6, 6.07) is 0. The van der Waals surface area contributed by atoms with Gasteiger partial charge in [-0.15, -0.1) is 0 Å². The Morgan fingerprint density at radius 3 is 2.79 bits per heavy atom. The van der Waals surface area contributed by atoms with Crippen molar-refractivity contribution in [1.82, 2.24) is 9.97 Å². The molecule has 1 unspecified atom stereocenters. The summed E-state index contributed by atoms with van der Waals surface area (Å²) in [5, 5.41) is 3.19. The van der Waals surface area contributed by atoms with Crippen molar-refractivity contribution >= 4 is 5.82 Å². The van der Waals surface area contributed by atoms with E-state index in [4.69, 9.17) is 4.74 Å². The molecule has 14 heavy (non-hydrogen) atoms. The van der Waals surface area contributed by atoms with Gasteiger partial charge in [0.15, 0.2) is 0 Å². The maximum absolute atomic E-state index is 5.10. The van der Waals surface area contributed by atoms with Crippen LogP contribution in [0.4, 0.5) is 5.82 Å². The molecule has 0 saturated heterocycles. The molecule has 4 nitrogen and oxygen atoms in total. The zero-order chi connectivity index (χ0) is 10.4. The lowest BCUT2D eigenvalue weighted by Crippen LogP contribution is -2.10. The second-order valence-corrected chi connectivity index (χ2v) is 3.18. The monoisotopic (exact) mass is 195 g/mol. The van der Waals surface area contributed by atoms with E-state index in [0.29, 0.717) is 6.61 Å². The molecule has 0 aliphatic carbocycles. The molecule has 1 N–H and O–H groups in total. The maximum Gasteiger partial charge on any atom is 0.148 e. The first-order valence-electron chi connectivity index (χ1n) is 4.83. The standard InChI is InChI=1S/C10H17N3O/c1-4-11-10-9(8(2)7-14-3)12-5-6-13-10/h5-6,8H,4,7H2,1-3H3,(H,11,13). The van der Waals surface area contributed by atoms with Gasteiger partial charge in [0.25, 0.3) is 0 Å². The summed E-state index contributed by atoms with van der Waals surface area (Å²) in [4.78, 5) is 8.55. The Labute approximate surface area is 84.7 Å². The van der Waals surface area contributed by atoms with Gasteiger partial charge in [-0.3, -0.25) is 4.98 Å². The number of ether oxygens (including phenoxy) is 1. The van der Waals surface area contributed by atoms with E-state index in [0.717, 1.165) is 18.1 Å². The third-order valence-corrected chi connectivity index (χ3v) is 1.95. The fourth-order valence-corrected chi connectivity index (χ4v) is 1.34. The Hall–Kier alpha value is -1.16. The molecular weight excluding hydrogens is 178 g/mol. The summed E-state index contributed by atoms with van der Waals surface area (Å²) in [5.74, 6) is 1.13. The van der Waals surface area contributed by atoms with Crippen LogP contribution in [-0.4, -0.2) is 30.2 Å². The third-order valence-electron chi connectivity index (χ3n) is 1.95. The highest BCUT2D eigenvalue weighted by molar-refractivity contribution is 5.41. The van der Waals surface area contributed by atoms with Crippen molar-refractivity contribution in [2.75, 3.05) is 25.6 Å². The van der Waals surface area contributed by atoms with Crippen molar-refractivity contribution in [2.45, 2.75) is 19.8 Å². The first-order valence-corrected chi connectivity index (χ1v) is 4.83. The molecule has 0 aromatic carbocycles. The van der Waals surface area contributed by atoms with Crippen molar-refractivity contribution in [2.24, 2.45) is 0 Å². The van der Waals surface area contributed by atoms with Crippen molar-refractivity contribution in [3.05, 3.63) is 18.1 Å². The molecule has 1 aromatic heterocycles. The van der Waals surface area contributed by atoms with E-state index < -0.39 is 0 Å². The molecular formula is C10H17N3O. The lowest BCUT2D eigenvalue weighted by atomic mass is 10.1. The number of nitrogens with zero attached hydrogens (tertiary/aromatic N) is 2. The summed E-state index contributed by atoms with van der Waals surface area (Å²) in [5.41, 5.74) is 0.969. The van der Waals surface area contributed by atoms with E-state index >= 15 is 0 Å². The summed E-state index contributed by atoms with van der Waals surface area (Å²) < 4.78 is 5.10. The Morgan fingerprint density at radius 1 is 1.43 bits per heavy atom. The highest BCUT2D eigenvalue weighted by Gasteiger charge is 2.11. The predicted molar refractivity (Wildman–Crippen MR) is 56.5 cm³/mol. The topological polar surface area (TPSA) is 47.0 Å². The highest BCUT2D eigenvalue weighted by atomic mass is 16.5. The van der Waals surface area contributed by atoms with Crippen LogP contribution >= 0.6 is 0 Å². The Kier molecular flexibility index (Phi) is 4.32. The molecule has 0 spiro atoms. The van der Waals surface area contributed by atoms with Crippen LogP contribution in [0.3, 0.4) is 0 Å². The molecule has 4 heteroatoms. The van der Waals surface area contributed by atoms with Crippen LogP contribution in [0.1, 0.15) is 25.5 Å². The molecule has 0 bridgehead atoms. The van der Waals surface area contributed by atoms with Crippen molar-refractivity contribution < 1.29 is 4.74 Å². The highest BCUT2D eigenvalue weighted by Crippen LogP contribution is 2.19. The second-order valence-electron chi connectivity index (χ2n) is 3.18. The van der Waals surface area contributed by atoms with Crippen LogP contribution in [0.2, 0.25) is 0 Å². The minimum atomic E-state index is 0.266. The Balaban J connectivity index is 2.82. The van der Waals surface area contributed by atoms with Gasteiger partial charge in [-0.1, -0.05) is 6.92 Å². The van der Waals surface area contributed by atoms with E-state index in [1.54, 1.807) is 19.5 Å². The molecule has 0 fully saturated rings. The van der Waals surface area contributed by atoms with E-state index in [2.05, 4.69) is 22.2 Å². The first kappa shape index (κ1) is 10.9. The molecule has 0 saturated carbocycles. The SMILES string of the molecule is CCNc1nccnc1C(C)COC. The molecule has 1 rings (SSSR count). The molecule has 0 aliphatic heterocycles. The quantitative estimate of drug-likeness (QED) is 0.776. The largest absolute Gasteiger partial charge is 0.384 e. The van der Waals surface area contributed by atoms with Gasteiger partial charge >= 0.3 is 0 Å². The molecule has 1 heterocycles. The van der Waals surface area contributed by atoms with Crippen molar-refractivity contribution in [1.29, 1.82) is 0 Å². The summed E-state index contributed by atoms with van der Waals surface area (Å²) in [6.07, 6.45) is 3.41. The van der Waals surface area contributed by atoms with Crippen LogP contribution < -0.4 is 5.32 Å². The number of methoxy groups -OCH3 is 1. The van der Waals surface area contributed by atoms with Gasteiger partial charge in [0.1, 0.15) is 5.82 Å². The maximum atomic E-state index is 5.10. The Morgan fingerprint density at radius 2 is 2.14 bits per heavy atom. The van der Waals surface area contributed by atoms with Gasteiger partial charge < -0.3 is 10.1 Å². The lowest BCUT2D eigenvalue weighted by molar-refractivity contribution is 0.183. The molecule has 1 atom stereocenters. The fraction of sp³-hybridized carbons (Fsp3) is 0.600. The third kappa shape index (κ3) is 2.67. The molecule has 1 aromatic rings. The minimum Gasteiger partial charge on any atom is -0.384 e. The number of aromatic nitrogens is 2. The number of hydrogen-bond donors (Lipinski definition) is 1. The minimum absolute atomic E-state index is 0.266. The summed E-state index contributed by atoms with van der Waals surface area (Å²) >= 11 is 0. The molecule has 0 aliphatic rings. The normalized spacial score (nSPS) is 12.5. The lowest BCUT2D eigenvalue weighted by Gasteiger charge is -2.13. The van der Waals surface area contributed by atoms with Gasteiger partial charge in [-0.25, -0.2) is 4.98 Å². The van der Waals surface area contributed by atoms with Crippen LogP contribution in [0.25, 0.3) is 0 Å². The Bertz CT molecular complexity index is 278. The van der Waals surface area contributed by atoms with Crippen molar-refractivity contribution in [3.8, 4) is 0 Å². The molecule has 0 radical (unpaired) electrons. The van der Waals surface area contributed by atoms with E-state index in [9.17, 15) is 0 Å². The van der Waals surface area contributed by atoms with Gasteiger partial charge in [-0.2, -0.15) is 0 Å². The number of anilines is 1. The fourth-order valence-electron chi connectivity index (χ4n) is 1.34. The summed E-state index contributed by atoms with van der Waals surface area (Å²) in [7, 11) is 1.69. The van der Waals surface area contributed by atoms with E-state index in [1.165, 1.54) is 0 Å². The van der Waals surface area contributed by atoms with Gasteiger partial charge in [0.2, 0.25) is 0 Å². The average molecular weight is 195 g/mol. The molecule has 0 amide bonds. The van der Waals surface area contributed by atoms with Gasteiger partial charge in [0, 0.05) is 32.0 Å². The van der Waals surface area contributed by atoms with Crippen LogP contribution in [-0.2, 0) is 4.74 Å². The van der Waals surface area contributed by atoms with Gasteiger partial charge in [-0.05, 0) is 6.92 Å². The average Bonchev–Trinajstić information content (AvgIpc) is 2.19. The summed E-state index contributed by atoms with van der Waals surface area (Å²) in [6.45, 7) is 5.64. The first-order chi connectivity index (χ1) is 6.79. The zero-order valence-corrected chi connectivity index (χ0v) is 8.95. The number of hydrogen-bond acceptors (Lipinski definition) is 4. The van der Waals surface area contributed by atoms with Crippen molar-refractivity contribution in [3.63, 3.8) is 0 Å².